The minimum atomic E-state index is -0.187. The van der Waals surface area contributed by atoms with Crippen LogP contribution in [0.2, 0.25) is 5.02 Å². The molecule has 0 aliphatic carbocycles. The van der Waals surface area contributed by atoms with E-state index in [0.717, 1.165) is 22.5 Å². The average molecular weight is 472 g/mol. The Morgan fingerprint density at radius 3 is 2.41 bits per heavy atom. The molecule has 0 aliphatic heterocycles. The zero-order chi connectivity index (χ0) is 23.9. The van der Waals surface area contributed by atoms with Gasteiger partial charge in [-0.15, -0.1) is 0 Å². The van der Waals surface area contributed by atoms with E-state index in [-0.39, 0.29) is 11.8 Å². The lowest BCUT2D eigenvalue weighted by Gasteiger charge is -2.10. The number of amides is 2. The quantitative estimate of drug-likeness (QED) is 0.334. The van der Waals surface area contributed by atoms with Crippen LogP contribution in [-0.2, 0) is 11.3 Å². The molecule has 0 saturated carbocycles. The van der Waals surface area contributed by atoms with Crippen LogP contribution in [0.25, 0.3) is 11.3 Å². The van der Waals surface area contributed by atoms with E-state index in [9.17, 15) is 9.59 Å². The normalized spacial score (nSPS) is 10.4. The van der Waals surface area contributed by atoms with Crippen molar-refractivity contribution in [3.63, 3.8) is 0 Å². The number of hydrogen-bond donors (Lipinski definition) is 3. The summed E-state index contributed by atoms with van der Waals surface area (Å²) in [5, 5.41) is 9.45. The summed E-state index contributed by atoms with van der Waals surface area (Å²) in [6.45, 7) is 1.87. The Kier molecular flexibility index (Phi) is 7.15. The number of benzene rings is 3. The molecule has 0 fully saturated rings. The van der Waals surface area contributed by atoms with Gasteiger partial charge >= 0.3 is 0 Å². The second kappa shape index (κ2) is 10.6. The molecular weight excluding hydrogens is 450 g/mol. The van der Waals surface area contributed by atoms with Gasteiger partial charge in [-0.05, 0) is 54.1 Å². The first-order chi connectivity index (χ1) is 16.5. The molecule has 34 heavy (non-hydrogen) atoms. The molecule has 170 valence electrons. The van der Waals surface area contributed by atoms with Crippen LogP contribution in [-0.4, -0.2) is 21.8 Å². The number of anilines is 3. The molecule has 0 unspecified atom stereocenters. The van der Waals surface area contributed by atoms with Crippen molar-refractivity contribution in [2.45, 2.75) is 13.5 Å². The highest BCUT2D eigenvalue weighted by atomic mass is 35.5. The molecule has 4 aromatic rings. The number of carbonyl (C=O) groups is 2. The summed E-state index contributed by atoms with van der Waals surface area (Å²) in [4.78, 5) is 32.6. The zero-order valence-electron chi connectivity index (χ0n) is 18.4. The van der Waals surface area contributed by atoms with Crippen molar-refractivity contribution in [1.82, 2.24) is 15.3 Å². The summed E-state index contributed by atoms with van der Waals surface area (Å²) in [7, 11) is 0. The number of nitrogens with zero attached hydrogens (tertiary/aromatic N) is 2. The topological polar surface area (TPSA) is 96.0 Å². The van der Waals surface area contributed by atoms with Gasteiger partial charge in [-0.1, -0.05) is 41.9 Å². The van der Waals surface area contributed by atoms with Crippen LogP contribution in [0.5, 0.6) is 0 Å². The van der Waals surface area contributed by atoms with Gasteiger partial charge < -0.3 is 16.0 Å². The Morgan fingerprint density at radius 1 is 0.912 bits per heavy atom. The second-order valence-electron chi connectivity index (χ2n) is 7.54. The second-order valence-corrected chi connectivity index (χ2v) is 7.98. The summed E-state index contributed by atoms with van der Waals surface area (Å²) in [5.74, 6) is 0.0943. The fraction of sp³-hybridized carbons (Fsp3) is 0.0769. The largest absolute Gasteiger partial charge is 0.348 e. The van der Waals surface area contributed by atoms with Crippen molar-refractivity contribution in [2.75, 3.05) is 10.6 Å². The maximum absolute atomic E-state index is 12.6. The highest BCUT2D eigenvalue weighted by Gasteiger charge is 2.08. The lowest BCUT2D eigenvalue weighted by molar-refractivity contribution is -0.114. The fourth-order valence-corrected chi connectivity index (χ4v) is 3.39. The van der Waals surface area contributed by atoms with Gasteiger partial charge in [-0.25, -0.2) is 9.97 Å². The Hall–Kier alpha value is -4.23. The van der Waals surface area contributed by atoms with E-state index in [4.69, 9.17) is 11.6 Å². The van der Waals surface area contributed by atoms with E-state index in [1.54, 1.807) is 42.6 Å². The molecular formula is C26H22ClN5O2. The van der Waals surface area contributed by atoms with Gasteiger partial charge in [0, 0.05) is 47.2 Å². The van der Waals surface area contributed by atoms with Gasteiger partial charge in [0.05, 0.1) is 5.69 Å². The maximum atomic E-state index is 12.6. The molecule has 7 nitrogen and oxygen atoms in total. The first-order valence-electron chi connectivity index (χ1n) is 10.6. The smallest absolute Gasteiger partial charge is 0.251 e. The molecule has 0 spiro atoms. The van der Waals surface area contributed by atoms with E-state index in [1.807, 2.05) is 42.5 Å². The third kappa shape index (κ3) is 6.17. The number of aromatic nitrogens is 2. The average Bonchev–Trinajstić information content (AvgIpc) is 2.84. The summed E-state index contributed by atoms with van der Waals surface area (Å²) in [6.07, 6.45) is 1.66. The molecule has 1 aromatic heterocycles. The van der Waals surface area contributed by atoms with Gasteiger partial charge in [0.2, 0.25) is 11.9 Å². The van der Waals surface area contributed by atoms with Crippen molar-refractivity contribution in [1.29, 1.82) is 0 Å². The van der Waals surface area contributed by atoms with Crippen LogP contribution >= 0.6 is 11.6 Å². The van der Waals surface area contributed by atoms with E-state index in [0.29, 0.717) is 28.8 Å². The highest BCUT2D eigenvalue weighted by molar-refractivity contribution is 6.30. The van der Waals surface area contributed by atoms with Gasteiger partial charge in [-0.3, -0.25) is 9.59 Å². The molecule has 3 aromatic carbocycles. The van der Waals surface area contributed by atoms with Crippen molar-refractivity contribution < 1.29 is 9.59 Å². The van der Waals surface area contributed by atoms with Crippen LogP contribution < -0.4 is 16.0 Å². The molecule has 0 radical (unpaired) electrons. The molecule has 0 atom stereocenters. The lowest BCUT2D eigenvalue weighted by atomic mass is 10.1. The SMILES string of the molecule is CC(=O)Nc1ccc(-c2ccnc(Nc3cccc(C(=O)NCc4ccc(Cl)cc4)c3)n2)cc1. The third-order valence-electron chi connectivity index (χ3n) is 4.90. The first kappa shape index (κ1) is 22.9. The summed E-state index contributed by atoms with van der Waals surface area (Å²) < 4.78 is 0. The van der Waals surface area contributed by atoms with Gasteiger partial charge in [0.25, 0.3) is 5.91 Å². The fourth-order valence-electron chi connectivity index (χ4n) is 3.26. The van der Waals surface area contributed by atoms with Crippen molar-refractivity contribution >= 4 is 40.7 Å². The van der Waals surface area contributed by atoms with Crippen molar-refractivity contribution in [3.8, 4) is 11.3 Å². The molecule has 2 amide bonds. The Labute approximate surface area is 202 Å². The summed E-state index contributed by atoms with van der Waals surface area (Å²) in [5.41, 5.74) is 4.50. The number of carbonyl (C=O) groups excluding carboxylic acids is 2. The van der Waals surface area contributed by atoms with Crippen LogP contribution in [0.3, 0.4) is 0 Å². The molecule has 3 N–H and O–H groups in total. The van der Waals surface area contributed by atoms with E-state index >= 15 is 0 Å². The highest BCUT2D eigenvalue weighted by Crippen LogP contribution is 2.22. The predicted octanol–water partition coefficient (Wildman–Crippen LogP) is 5.43. The minimum absolute atomic E-state index is 0.123. The van der Waals surface area contributed by atoms with E-state index in [1.165, 1.54) is 6.92 Å². The van der Waals surface area contributed by atoms with Gasteiger partial charge in [0.15, 0.2) is 0 Å². The molecule has 0 aliphatic rings. The molecule has 1 heterocycles. The summed E-state index contributed by atoms with van der Waals surface area (Å²) >= 11 is 5.90. The standard InChI is InChI=1S/C26H22ClN5O2/c1-17(33)30-22-11-7-19(8-12-22)24-13-14-28-26(32-24)31-23-4-2-3-20(15-23)25(34)29-16-18-5-9-21(27)10-6-18/h2-15H,16H2,1H3,(H,29,34)(H,30,33)(H,28,31,32). The van der Waals surface area contributed by atoms with E-state index < -0.39 is 0 Å². The van der Waals surface area contributed by atoms with Crippen LogP contribution in [0, 0.1) is 0 Å². The van der Waals surface area contributed by atoms with Gasteiger partial charge in [-0.2, -0.15) is 0 Å². The first-order valence-corrected chi connectivity index (χ1v) is 10.9. The molecule has 8 heteroatoms. The van der Waals surface area contributed by atoms with Crippen LogP contribution in [0.4, 0.5) is 17.3 Å². The van der Waals surface area contributed by atoms with E-state index in [2.05, 4.69) is 25.9 Å². The third-order valence-corrected chi connectivity index (χ3v) is 5.16. The Morgan fingerprint density at radius 2 is 1.68 bits per heavy atom. The van der Waals surface area contributed by atoms with Crippen molar-refractivity contribution in [3.05, 3.63) is 101 Å². The zero-order valence-corrected chi connectivity index (χ0v) is 19.1. The number of nitrogens with one attached hydrogen (secondary N) is 3. The molecule has 0 bridgehead atoms. The monoisotopic (exact) mass is 471 g/mol. The van der Waals surface area contributed by atoms with Crippen LogP contribution in [0.15, 0.2) is 85.1 Å². The van der Waals surface area contributed by atoms with Crippen LogP contribution in [0.1, 0.15) is 22.8 Å². The summed E-state index contributed by atoms with van der Waals surface area (Å²) in [6, 6.07) is 23.7. The number of hydrogen-bond acceptors (Lipinski definition) is 5. The minimum Gasteiger partial charge on any atom is -0.348 e. The maximum Gasteiger partial charge on any atom is 0.251 e. The number of halogens is 1. The van der Waals surface area contributed by atoms with Gasteiger partial charge in [0.1, 0.15) is 0 Å². The number of rotatable bonds is 7. The predicted molar refractivity (Wildman–Crippen MR) is 134 cm³/mol. The molecule has 0 saturated heterocycles. The lowest BCUT2D eigenvalue weighted by Crippen LogP contribution is -2.22. The van der Waals surface area contributed by atoms with Crippen molar-refractivity contribution in [2.24, 2.45) is 0 Å². The molecule has 4 rings (SSSR count). The Bertz CT molecular complexity index is 1310. The Balaban J connectivity index is 1.43.